The molecule has 0 heterocycles. The van der Waals surface area contributed by atoms with Crippen LogP contribution >= 0.6 is 0 Å². The fraction of sp³-hybridized carbons (Fsp3) is 0.519. The molecule has 2 atom stereocenters. The largest absolute Gasteiger partial charge is 0.416 e. The SMILES string of the molecule is CC(C)[C@]1(C(=O)NCc2cc(C(F)(F)F)cc(C(F)(F)F)c2)CC[C@@H](NC2Cc3ccccc3C2)C1. The molecule has 0 radical (unpaired) electrons. The van der Waals surface area contributed by atoms with Crippen LogP contribution in [0, 0.1) is 11.3 Å². The normalized spacial score (nSPS) is 22.8. The highest BCUT2D eigenvalue weighted by Gasteiger charge is 2.48. The first kappa shape index (κ1) is 26.5. The average molecular weight is 513 g/mol. The molecule has 0 spiro atoms. The predicted molar refractivity (Wildman–Crippen MR) is 124 cm³/mol. The van der Waals surface area contributed by atoms with E-state index < -0.39 is 35.4 Å². The Labute approximate surface area is 206 Å². The standard InChI is InChI=1S/C27H30F6N2O/c1-16(2)25(8-7-22(14-25)35-23-11-18-5-3-4-6-19(18)12-23)24(36)34-15-17-9-20(26(28,29)30)13-21(10-17)27(31,32)33/h3-6,9-10,13,16,22-23,35H,7-8,11-12,14-15H2,1-2H3,(H,34,36)/t22-,25+/m1/s1. The molecule has 0 bridgehead atoms. The highest BCUT2D eigenvalue weighted by molar-refractivity contribution is 5.83. The van der Waals surface area contributed by atoms with E-state index in [0.29, 0.717) is 25.0 Å². The summed E-state index contributed by atoms with van der Waals surface area (Å²) in [7, 11) is 0. The lowest BCUT2D eigenvalue weighted by Gasteiger charge is -2.33. The lowest BCUT2D eigenvalue weighted by Crippen LogP contribution is -2.45. The number of rotatable bonds is 6. The summed E-state index contributed by atoms with van der Waals surface area (Å²) in [4.78, 5) is 13.3. The fourth-order valence-electron chi connectivity index (χ4n) is 5.70. The summed E-state index contributed by atoms with van der Waals surface area (Å²) in [6.45, 7) is 3.45. The zero-order valence-electron chi connectivity index (χ0n) is 20.2. The zero-order chi connectivity index (χ0) is 26.3. The minimum atomic E-state index is -4.93. The Hall–Kier alpha value is -2.55. The van der Waals surface area contributed by atoms with E-state index in [1.165, 1.54) is 11.1 Å². The van der Waals surface area contributed by atoms with Gasteiger partial charge in [0.15, 0.2) is 0 Å². The summed E-state index contributed by atoms with van der Waals surface area (Å²) in [5.74, 6) is -0.375. The van der Waals surface area contributed by atoms with Crippen molar-refractivity contribution in [3.63, 3.8) is 0 Å². The molecule has 3 nitrogen and oxygen atoms in total. The van der Waals surface area contributed by atoms with Crippen molar-refractivity contribution in [1.82, 2.24) is 10.6 Å². The third-order valence-electron chi connectivity index (χ3n) is 7.73. The molecular formula is C27H30F6N2O. The summed E-state index contributed by atoms with van der Waals surface area (Å²) >= 11 is 0. The number of alkyl halides is 6. The number of carbonyl (C=O) groups is 1. The van der Waals surface area contributed by atoms with Gasteiger partial charge in [-0.2, -0.15) is 26.3 Å². The van der Waals surface area contributed by atoms with Gasteiger partial charge in [0.05, 0.1) is 16.5 Å². The van der Waals surface area contributed by atoms with E-state index in [1.807, 2.05) is 26.0 Å². The molecule has 9 heteroatoms. The number of fused-ring (bicyclic) bond motifs is 1. The van der Waals surface area contributed by atoms with Crippen molar-refractivity contribution in [2.45, 2.75) is 76.9 Å². The van der Waals surface area contributed by atoms with Crippen molar-refractivity contribution < 1.29 is 31.1 Å². The van der Waals surface area contributed by atoms with Gasteiger partial charge in [0, 0.05) is 18.6 Å². The fourth-order valence-corrected chi connectivity index (χ4v) is 5.70. The van der Waals surface area contributed by atoms with Gasteiger partial charge in [0.1, 0.15) is 0 Å². The quantitative estimate of drug-likeness (QED) is 0.447. The van der Waals surface area contributed by atoms with Crippen LogP contribution in [0.2, 0.25) is 0 Å². The van der Waals surface area contributed by atoms with Crippen molar-refractivity contribution in [3.8, 4) is 0 Å². The second-order valence-corrected chi connectivity index (χ2v) is 10.4. The van der Waals surface area contributed by atoms with Crippen LogP contribution in [0.4, 0.5) is 26.3 Å². The van der Waals surface area contributed by atoms with Gasteiger partial charge in [-0.15, -0.1) is 0 Å². The van der Waals surface area contributed by atoms with Crippen LogP contribution < -0.4 is 10.6 Å². The monoisotopic (exact) mass is 512 g/mol. The maximum absolute atomic E-state index is 13.3. The van der Waals surface area contributed by atoms with E-state index in [-0.39, 0.29) is 35.5 Å². The van der Waals surface area contributed by atoms with Crippen molar-refractivity contribution in [1.29, 1.82) is 0 Å². The zero-order valence-corrected chi connectivity index (χ0v) is 20.2. The number of nitrogens with one attached hydrogen (secondary N) is 2. The summed E-state index contributed by atoms with van der Waals surface area (Å²) in [6.07, 6.45) is -6.06. The molecule has 2 aromatic rings. The molecular weight excluding hydrogens is 482 g/mol. The van der Waals surface area contributed by atoms with Crippen LogP contribution in [0.25, 0.3) is 0 Å². The topological polar surface area (TPSA) is 41.1 Å². The van der Waals surface area contributed by atoms with Crippen LogP contribution in [0.3, 0.4) is 0 Å². The summed E-state index contributed by atoms with van der Waals surface area (Å²) in [5.41, 5.74) is -1.11. The summed E-state index contributed by atoms with van der Waals surface area (Å²) < 4.78 is 79.1. The Morgan fingerprint density at radius 2 is 1.50 bits per heavy atom. The van der Waals surface area contributed by atoms with Gasteiger partial charge in [-0.25, -0.2) is 0 Å². The van der Waals surface area contributed by atoms with Crippen molar-refractivity contribution >= 4 is 5.91 Å². The number of amides is 1. The Morgan fingerprint density at radius 3 is 2.00 bits per heavy atom. The maximum Gasteiger partial charge on any atom is 0.416 e. The van der Waals surface area contributed by atoms with Crippen LogP contribution in [-0.2, 0) is 36.5 Å². The molecule has 2 aliphatic rings. The Bertz CT molecular complexity index is 1050. The molecule has 1 amide bonds. The van der Waals surface area contributed by atoms with Crippen LogP contribution in [0.15, 0.2) is 42.5 Å². The van der Waals surface area contributed by atoms with Crippen LogP contribution in [0.1, 0.15) is 60.9 Å². The molecule has 0 aromatic heterocycles. The van der Waals surface area contributed by atoms with E-state index in [2.05, 4.69) is 22.8 Å². The van der Waals surface area contributed by atoms with Crippen molar-refractivity contribution in [2.75, 3.05) is 0 Å². The third-order valence-corrected chi connectivity index (χ3v) is 7.73. The minimum Gasteiger partial charge on any atom is -0.352 e. The van der Waals surface area contributed by atoms with E-state index in [9.17, 15) is 31.1 Å². The van der Waals surface area contributed by atoms with E-state index >= 15 is 0 Å². The first-order chi connectivity index (χ1) is 16.8. The van der Waals surface area contributed by atoms with Gasteiger partial charge in [0.2, 0.25) is 5.91 Å². The molecule has 36 heavy (non-hydrogen) atoms. The van der Waals surface area contributed by atoms with Gasteiger partial charge < -0.3 is 10.6 Å². The van der Waals surface area contributed by atoms with E-state index in [1.54, 1.807) is 0 Å². The molecule has 196 valence electrons. The van der Waals surface area contributed by atoms with Crippen LogP contribution in [0.5, 0.6) is 0 Å². The molecule has 0 unspecified atom stereocenters. The predicted octanol–water partition coefficient (Wildman–Crippen LogP) is 6.29. The highest BCUT2D eigenvalue weighted by atomic mass is 19.4. The Balaban J connectivity index is 1.44. The molecule has 1 saturated carbocycles. The lowest BCUT2D eigenvalue weighted by molar-refractivity contribution is -0.143. The van der Waals surface area contributed by atoms with Crippen LogP contribution in [-0.4, -0.2) is 18.0 Å². The van der Waals surface area contributed by atoms with Gasteiger partial charge in [-0.1, -0.05) is 38.1 Å². The van der Waals surface area contributed by atoms with E-state index in [0.717, 1.165) is 19.3 Å². The summed E-state index contributed by atoms with van der Waals surface area (Å²) in [6, 6.07) is 10.1. The molecule has 2 aliphatic carbocycles. The third kappa shape index (κ3) is 5.56. The molecule has 0 saturated heterocycles. The van der Waals surface area contributed by atoms with Gasteiger partial charge in [-0.05, 0) is 72.9 Å². The number of halogens is 6. The smallest absolute Gasteiger partial charge is 0.352 e. The van der Waals surface area contributed by atoms with Gasteiger partial charge >= 0.3 is 12.4 Å². The number of benzene rings is 2. The van der Waals surface area contributed by atoms with Gasteiger partial charge in [-0.3, -0.25) is 4.79 Å². The Kier molecular flexibility index (Phi) is 7.16. The van der Waals surface area contributed by atoms with Crippen molar-refractivity contribution in [2.24, 2.45) is 11.3 Å². The second-order valence-electron chi connectivity index (χ2n) is 10.4. The number of carbonyl (C=O) groups excluding carboxylic acids is 1. The van der Waals surface area contributed by atoms with Gasteiger partial charge in [0.25, 0.3) is 0 Å². The molecule has 2 aromatic carbocycles. The summed E-state index contributed by atoms with van der Waals surface area (Å²) in [5, 5.41) is 6.33. The lowest BCUT2D eigenvalue weighted by atomic mass is 9.74. The first-order valence-corrected chi connectivity index (χ1v) is 12.2. The maximum atomic E-state index is 13.3. The molecule has 4 rings (SSSR count). The van der Waals surface area contributed by atoms with Crippen molar-refractivity contribution in [3.05, 3.63) is 70.3 Å². The second kappa shape index (κ2) is 9.72. The average Bonchev–Trinajstić information content (AvgIpc) is 3.41. The molecule has 0 aliphatic heterocycles. The highest BCUT2D eigenvalue weighted by Crippen LogP contribution is 2.45. The molecule has 1 fully saturated rings. The Morgan fingerprint density at radius 1 is 0.944 bits per heavy atom. The molecule has 2 N–H and O–H groups in total. The van der Waals surface area contributed by atoms with E-state index in [4.69, 9.17) is 0 Å². The number of hydrogen-bond acceptors (Lipinski definition) is 2. The first-order valence-electron chi connectivity index (χ1n) is 12.2. The minimum absolute atomic E-state index is 0.0441. The number of hydrogen-bond donors (Lipinski definition) is 2.